The predicted octanol–water partition coefficient (Wildman–Crippen LogP) is 3.47. The number of thiophene rings is 1. The standard InChI is InChI=1S/C23H24N2O5S3/c1-8(2)6-11(22(28)29)25-20(26)14-9-7-10(15(14)21(25)27)17-13(9)16(12-4-3-5-31-12)18-19(32-17)24-23(30)33-18/h3-5,8-11,13-17H,6-7H2,1-2H3,(H,24,30)(H,28,29)/t9-,10-,11-,13-,14+,15-,16-,17+/m1/s1. The number of fused-ring (bicyclic) bond motifs is 9. The van der Waals surface area contributed by atoms with Gasteiger partial charge in [-0.1, -0.05) is 31.3 Å². The third kappa shape index (κ3) is 2.99. The number of aliphatic carboxylic acids is 1. The largest absolute Gasteiger partial charge is 0.480 e. The van der Waals surface area contributed by atoms with Crippen LogP contribution in [0.5, 0.6) is 0 Å². The summed E-state index contributed by atoms with van der Waals surface area (Å²) in [5, 5.41) is 12.9. The number of amides is 2. The number of H-pyrrole nitrogens is 1. The van der Waals surface area contributed by atoms with Crippen LogP contribution in [0.25, 0.3) is 0 Å². The molecule has 33 heavy (non-hydrogen) atoms. The first-order chi connectivity index (χ1) is 15.8. The van der Waals surface area contributed by atoms with E-state index in [0.717, 1.165) is 21.2 Å². The number of likely N-dealkylation sites (tertiary alicyclic amines) is 1. The van der Waals surface area contributed by atoms with Crippen molar-refractivity contribution in [3.05, 3.63) is 36.9 Å². The van der Waals surface area contributed by atoms with Gasteiger partial charge in [-0.25, -0.2) is 4.79 Å². The number of imide groups is 1. The first-order valence-electron chi connectivity index (χ1n) is 11.3. The molecule has 2 aromatic rings. The van der Waals surface area contributed by atoms with Gasteiger partial charge in [-0.15, -0.1) is 23.1 Å². The average molecular weight is 505 g/mol. The van der Waals surface area contributed by atoms with Crippen molar-refractivity contribution < 1.29 is 19.5 Å². The molecule has 0 spiro atoms. The van der Waals surface area contributed by atoms with Crippen molar-refractivity contribution in [2.45, 2.75) is 48.9 Å². The molecule has 2 saturated carbocycles. The molecule has 6 rings (SSSR count). The minimum absolute atomic E-state index is 0.0176. The van der Waals surface area contributed by atoms with Crippen LogP contribution < -0.4 is 4.87 Å². The maximum absolute atomic E-state index is 13.6. The number of aromatic amines is 1. The molecule has 4 aliphatic rings. The maximum Gasteiger partial charge on any atom is 0.326 e. The second kappa shape index (κ2) is 7.55. The van der Waals surface area contributed by atoms with E-state index in [1.807, 2.05) is 25.3 Å². The van der Waals surface area contributed by atoms with Crippen LogP contribution in [-0.2, 0) is 14.4 Å². The molecule has 0 aromatic carbocycles. The van der Waals surface area contributed by atoms with Crippen molar-refractivity contribution in [3.8, 4) is 0 Å². The Morgan fingerprint density at radius 3 is 2.58 bits per heavy atom. The number of rotatable bonds is 5. The topological polar surface area (TPSA) is 108 Å². The van der Waals surface area contributed by atoms with E-state index in [9.17, 15) is 24.3 Å². The van der Waals surface area contributed by atoms with E-state index in [1.54, 1.807) is 23.1 Å². The summed E-state index contributed by atoms with van der Waals surface area (Å²) in [5.74, 6) is -2.32. The third-order valence-electron chi connectivity index (χ3n) is 7.90. The van der Waals surface area contributed by atoms with E-state index in [2.05, 4.69) is 11.1 Å². The number of carbonyl (C=O) groups excluding carboxylic acids is 2. The zero-order chi connectivity index (χ0) is 23.2. The summed E-state index contributed by atoms with van der Waals surface area (Å²) in [4.78, 5) is 57.6. The molecule has 0 unspecified atom stereocenters. The lowest BCUT2D eigenvalue weighted by molar-refractivity contribution is -0.156. The molecule has 3 fully saturated rings. The monoisotopic (exact) mass is 504 g/mol. The number of carboxylic acids is 1. The van der Waals surface area contributed by atoms with E-state index in [1.165, 1.54) is 16.2 Å². The quantitative estimate of drug-likeness (QED) is 0.604. The average Bonchev–Trinajstić information content (AvgIpc) is 3.54. The Bertz CT molecular complexity index is 1200. The van der Waals surface area contributed by atoms with Crippen LogP contribution in [0, 0.1) is 35.5 Å². The lowest BCUT2D eigenvalue weighted by Gasteiger charge is -2.42. The SMILES string of the molecule is CC(C)C[C@H](C(=O)O)N1C(=O)[C@@H]2[C@H]3C[C@@H]([C@@H]2C1=O)[C@@H]1[C@@H](c2cccs2)c2sc(=O)[nH]c2S[C@@H]31. The van der Waals surface area contributed by atoms with Crippen LogP contribution in [0.3, 0.4) is 0 Å². The van der Waals surface area contributed by atoms with E-state index in [-0.39, 0.29) is 57.9 Å². The van der Waals surface area contributed by atoms with Crippen molar-refractivity contribution in [2.24, 2.45) is 35.5 Å². The molecule has 2 aliphatic carbocycles. The van der Waals surface area contributed by atoms with Crippen LogP contribution in [0.15, 0.2) is 27.3 Å². The van der Waals surface area contributed by atoms with Gasteiger partial charge in [0.05, 0.1) is 16.9 Å². The fourth-order valence-corrected chi connectivity index (χ4v) is 10.7. The molecule has 8 atom stereocenters. The number of thioether (sulfide) groups is 1. The van der Waals surface area contributed by atoms with E-state index >= 15 is 0 Å². The van der Waals surface area contributed by atoms with Gasteiger partial charge in [-0.2, -0.15) is 0 Å². The summed E-state index contributed by atoms with van der Waals surface area (Å²) >= 11 is 4.57. The number of nitrogens with zero attached hydrogens (tertiary/aromatic N) is 1. The van der Waals surface area contributed by atoms with Crippen molar-refractivity contribution in [2.75, 3.05) is 0 Å². The van der Waals surface area contributed by atoms with Gasteiger partial charge >= 0.3 is 10.8 Å². The fraction of sp³-hybridized carbons (Fsp3) is 0.565. The van der Waals surface area contributed by atoms with Crippen LogP contribution in [0.1, 0.15) is 42.4 Å². The summed E-state index contributed by atoms with van der Waals surface area (Å²) in [7, 11) is 0. The number of aromatic nitrogens is 1. The van der Waals surface area contributed by atoms with E-state index in [4.69, 9.17) is 0 Å². The van der Waals surface area contributed by atoms with Crippen molar-refractivity contribution >= 4 is 52.2 Å². The lowest BCUT2D eigenvalue weighted by atomic mass is 9.69. The molecule has 10 heteroatoms. The highest BCUT2D eigenvalue weighted by Gasteiger charge is 2.70. The van der Waals surface area contributed by atoms with Crippen LogP contribution in [-0.4, -0.2) is 44.1 Å². The predicted molar refractivity (Wildman–Crippen MR) is 126 cm³/mol. The summed E-state index contributed by atoms with van der Waals surface area (Å²) < 4.78 is 0. The minimum atomic E-state index is -1.11. The van der Waals surface area contributed by atoms with Gasteiger partial charge in [0.15, 0.2) is 0 Å². The molecule has 2 N–H and O–H groups in total. The number of thiazole rings is 1. The normalized spacial score (nSPS) is 35.1. The highest BCUT2D eigenvalue weighted by molar-refractivity contribution is 8.00. The first kappa shape index (κ1) is 21.6. The third-order valence-corrected chi connectivity index (χ3v) is 11.4. The Balaban J connectivity index is 1.41. The molecular formula is C23H24N2O5S3. The lowest BCUT2D eigenvalue weighted by Crippen LogP contribution is -2.47. The second-order valence-corrected chi connectivity index (χ2v) is 13.2. The van der Waals surface area contributed by atoms with Crippen LogP contribution in [0.4, 0.5) is 0 Å². The molecule has 7 nitrogen and oxygen atoms in total. The Morgan fingerprint density at radius 1 is 1.21 bits per heavy atom. The fourth-order valence-electron chi connectivity index (χ4n) is 6.90. The number of carboxylic acid groups (broad SMARTS) is 1. The molecule has 4 heterocycles. The number of hydrogen-bond acceptors (Lipinski definition) is 7. The van der Waals surface area contributed by atoms with Gasteiger partial charge in [-0.3, -0.25) is 19.3 Å². The second-order valence-electron chi connectivity index (χ2n) is 10.0. The highest BCUT2D eigenvalue weighted by Crippen LogP contribution is 2.68. The van der Waals surface area contributed by atoms with Gasteiger partial charge in [-0.05, 0) is 48.0 Å². The number of nitrogens with one attached hydrogen (secondary N) is 1. The van der Waals surface area contributed by atoms with E-state index in [0.29, 0.717) is 0 Å². The Hall–Kier alpha value is -1.91. The van der Waals surface area contributed by atoms with Crippen molar-refractivity contribution in [3.63, 3.8) is 0 Å². The summed E-state index contributed by atoms with van der Waals surface area (Å²) in [6, 6.07) is 3.00. The molecule has 174 valence electrons. The smallest absolute Gasteiger partial charge is 0.326 e. The van der Waals surface area contributed by atoms with Crippen LogP contribution >= 0.6 is 34.4 Å². The number of carbonyl (C=O) groups is 3. The Kier molecular flexibility index (Phi) is 4.94. The highest BCUT2D eigenvalue weighted by atomic mass is 32.2. The molecule has 2 amide bonds. The van der Waals surface area contributed by atoms with Crippen molar-refractivity contribution in [1.29, 1.82) is 0 Å². The van der Waals surface area contributed by atoms with E-state index < -0.39 is 23.8 Å². The Morgan fingerprint density at radius 2 is 1.94 bits per heavy atom. The van der Waals surface area contributed by atoms with Gasteiger partial charge in [0.25, 0.3) is 0 Å². The Labute approximate surface area is 202 Å². The van der Waals surface area contributed by atoms with Crippen molar-refractivity contribution in [1.82, 2.24) is 9.88 Å². The summed E-state index contributed by atoms with van der Waals surface area (Å²) in [6.45, 7) is 3.81. The maximum atomic E-state index is 13.6. The summed E-state index contributed by atoms with van der Waals surface area (Å²) in [5.41, 5.74) is 0. The molecule has 2 aliphatic heterocycles. The molecule has 2 bridgehead atoms. The zero-order valence-electron chi connectivity index (χ0n) is 18.1. The number of hydrogen-bond donors (Lipinski definition) is 2. The zero-order valence-corrected chi connectivity index (χ0v) is 20.5. The molecule has 2 aromatic heterocycles. The minimum Gasteiger partial charge on any atom is -0.480 e. The van der Waals surface area contributed by atoms with Gasteiger partial charge < -0.3 is 10.1 Å². The van der Waals surface area contributed by atoms with Crippen LogP contribution in [0.2, 0.25) is 0 Å². The molecular weight excluding hydrogens is 480 g/mol. The van der Waals surface area contributed by atoms with Gasteiger partial charge in [0.1, 0.15) is 6.04 Å². The van der Waals surface area contributed by atoms with Gasteiger partial charge in [0.2, 0.25) is 11.8 Å². The van der Waals surface area contributed by atoms with Gasteiger partial charge in [0, 0.05) is 20.9 Å². The molecule has 0 radical (unpaired) electrons. The summed E-state index contributed by atoms with van der Waals surface area (Å²) in [6.07, 6.45) is 1.07. The first-order valence-corrected chi connectivity index (χ1v) is 13.9. The molecule has 1 saturated heterocycles.